The summed E-state index contributed by atoms with van der Waals surface area (Å²) in [7, 11) is 3.38. The lowest BCUT2D eigenvalue weighted by Crippen LogP contribution is -2.46. The van der Waals surface area contributed by atoms with Crippen LogP contribution in [-0.4, -0.2) is 84.7 Å². The van der Waals surface area contributed by atoms with Gasteiger partial charge in [-0.1, -0.05) is 0 Å². The molecule has 1 aliphatic carbocycles. The molecule has 7 nitrogen and oxygen atoms in total. The van der Waals surface area contributed by atoms with Crippen molar-refractivity contribution in [3.63, 3.8) is 0 Å². The Labute approximate surface area is 177 Å². The summed E-state index contributed by atoms with van der Waals surface area (Å²) in [5.74, 6) is -2.49. The van der Waals surface area contributed by atoms with Gasteiger partial charge >= 0.3 is 0 Å². The predicted molar refractivity (Wildman–Crippen MR) is 110 cm³/mol. The van der Waals surface area contributed by atoms with Gasteiger partial charge < -0.3 is 20.4 Å². The number of rotatable bonds is 5. The van der Waals surface area contributed by atoms with Gasteiger partial charge in [0.05, 0.1) is 12.6 Å². The SMILES string of the molecule is CN(C)C=O.N[C@@H](CC1CCC(N2CCCCC2=O)CC1)C(=O)N1CCC(F)(F)C1. The van der Waals surface area contributed by atoms with E-state index in [9.17, 15) is 23.2 Å². The van der Waals surface area contributed by atoms with Gasteiger partial charge in [0.2, 0.25) is 18.2 Å². The molecule has 9 heteroatoms. The second-order valence-electron chi connectivity index (χ2n) is 9.00. The van der Waals surface area contributed by atoms with Gasteiger partial charge in [-0.15, -0.1) is 0 Å². The van der Waals surface area contributed by atoms with Crippen molar-refractivity contribution in [3.8, 4) is 0 Å². The molecule has 2 aliphatic heterocycles. The van der Waals surface area contributed by atoms with Gasteiger partial charge in [0.25, 0.3) is 5.92 Å². The van der Waals surface area contributed by atoms with Crippen molar-refractivity contribution >= 4 is 18.2 Å². The fraction of sp³-hybridized carbons (Fsp3) is 0.857. The lowest BCUT2D eigenvalue weighted by molar-refractivity contribution is -0.136. The number of halogens is 2. The lowest BCUT2D eigenvalue weighted by Gasteiger charge is -2.39. The monoisotopic (exact) mass is 430 g/mol. The number of carbonyl (C=O) groups is 3. The molecular formula is C21H36F2N4O3. The van der Waals surface area contributed by atoms with Crippen LogP contribution in [0, 0.1) is 5.92 Å². The van der Waals surface area contributed by atoms with Crippen molar-refractivity contribution < 1.29 is 23.2 Å². The highest BCUT2D eigenvalue weighted by atomic mass is 19.3. The minimum atomic E-state index is -2.77. The van der Waals surface area contributed by atoms with E-state index in [1.807, 2.05) is 4.90 Å². The van der Waals surface area contributed by atoms with E-state index in [-0.39, 0.29) is 24.8 Å². The van der Waals surface area contributed by atoms with Crippen molar-refractivity contribution in [2.24, 2.45) is 11.7 Å². The summed E-state index contributed by atoms with van der Waals surface area (Å²) in [6.07, 6.45) is 7.61. The maximum atomic E-state index is 13.3. The third-order valence-corrected chi connectivity index (χ3v) is 6.21. The summed E-state index contributed by atoms with van der Waals surface area (Å²) >= 11 is 0. The molecule has 2 N–H and O–H groups in total. The Balaban J connectivity index is 0.000000575. The maximum absolute atomic E-state index is 13.3. The first-order valence-electron chi connectivity index (χ1n) is 11.0. The number of carbonyl (C=O) groups excluding carboxylic acids is 3. The average molecular weight is 431 g/mol. The van der Waals surface area contributed by atoms with Crippen molar-refractivity contribution in [2.75, 3.05) is 33.7 Å². The Hall–Kier alpha value is -1.77. The number of amides is 3. The highest BCUT2D eigenvalue weighted by Gasteiger charge is 2.41. The van der Waals surface area contributed by atoms with E-state index in [4.69, 9.17) is 5.73 Å². The minimum Gasteiger partial charge on any atom is -0.351 e. The van der Waals surface area contributed by atoms with Crippen LogP contribution in [-0.2, 0) is 14.4 Å². The molecule has 0 aromatic heterocycles. The fourth-order valence-electron chi connectivity index (χ4n) is 4.52. The average Bonchev–Trinajstić information content (AvgIpc) is 3.08. The Morgan fingerprint density at radius 2 is 1.87 bits per heavy atom. The molecule has 1 saturated carbocycles. The molecule has 0 aromatic carbocycles. The van der Waals surface area contributed by atoms with Gasteiger partial charge in [0, 0.05) is 46.1 Å². The van der Waals surface area contributed by atoms with Crippen molar-refractivity contribution in [1.82, 2.24) is 14.7 Å². The van der Waals surface area contributed by atoms with Gasteiger partial charge in [0.15, 0.2) is 0 Å². The van der Waals surface area contributed by atoms with E-state index in [2.05, 4.69) is 0 Å². The van der Waals surface area contributed by atoms with Crippen LogP contribution >= 0.6 is 0 Å². The molecule has 2 heterocycles. The van der Waals surface area contributed by atoms with E-state index >= 15 is 0 Å². The number of nitrogens with two attached hydrogens (primary N) is 1. The van der Waals surface area contributed by atoms with Gasteiger partial charge in [-0.05, 0) is 50.9 Å². The summed E-state index contributed by atoms with van der Waals surface area (Å²) in [5, 5.41) is 0. The highest BCUT2D eigenvalue weighted by molar-refractivity contribution is 5.82. The number of alkyl halides is 2. The normalized spacial score (nSPS) is 27.2. The molecule has 0 aromatic rings. The van der Waals surface area contributed by atoms with Gasteiger partial charge in [-0.25, -0.2) is 8.78 Å². The second-order valence-corrected chi connectivity index (χ2v) is 9.00. The molecule has 0 unspecified atom stereocenters. The quantitative estimate of drug-likeness (QED) is 0.675. The van der Waals surface area contributed by atoms with Crippen LogP contribution in [0.3, 0.4) is 0 Å². The standard InChI is InChI=1S/C18H29F2N3O2.C3H7NO/c19-18(20)8-10-22(12-18)17(25)15(21)11-13-4-6-14(7-5-13)23-9-2-1-3-16(23)24;1-4(2)3-5/h13-15H,1-12,21H2;3H,1-2H3/t13?,14?,15-;/m0./s1. The van der Waals surface area contributed by atoms with Crippen molar-refractivity contribution in [3.05, 3.63) is 0 Å². The Kier molecular flexibility index (Phi) is 9.00. The number of piperidine rings is 1. The zero-order chi connectivity index (χ0) is 22.3. The van der Waals surface area contributed by atoms with Crippen LogP contribution in [0.1, 0.15) is 57.8 Å². The molecule has 30 heavy (non-hydrogen) atoms. The lowest BCUT2D eigenvalue weighted by atomic mass is 9.81. The first kappa shape index (κ1) is 24.5. The van der Waals surface area contributed by atoms with E-state index < -0.39 is 18.5 Å². The van der Waals surface area contributed by atoms with E-state index in [1.165, 1.54) is 9.80 Å². The fourth-order valence-corrected chi connectivity index (χ4v) is 4.52. The number of likely N-dealkylation sites (tertiary alicyclic amines) is 2. The zero-order valence-corrected chi connectivity index (χ0v) is 18.2. The van der Waals surface area contributed by atoms with Crippen molar-refractivity contribution in [2.45, 2.75) is 75.8 Å². The molecule has 0 bridgehead atoms. The molecule has 3 amide bonds. The molecule has 3 aliphatic rings. The largest absolute Gasteiger partial charge is 0.351 e. The molecule has 0 spiro atoms. The van der Waals surface area contributed by atoms with Gasteiger partial charge in [0.1, 0.15) is 0 Å². The van der Waals surface area contributed by atoms with Gasteiger partial charge in [-0.3, -0.25) is 14.4 Å². The zero-order valence-electron chi connectivity index (χ0n) is 18.2. The number of hydrogen-bond acceptors (Lipinski definition) is 4. The smallest absolute Gasteiger partial charge is 0.267 e. The molecule has 0 radical (unpaired) electrons. The third kappa shape index (κ3) is 7.18. The summed E-state index contributed by atoms with van der Waals surface area (Å²) in [6, 6.07) is -0.361. The first-order chi connectivity index (χ1) is 14.1. The first-order valence-corrected chi connectivity index (χ1v) is 11.0. The van der Waals surface area contributed by atoms with Crippen LogP contribution in [0.5, 0.6) is 0 Å². The molecule has 3 rings (SSSR count). The number of hydrogen-bond donors (Lipinski definition) is 1. The second kappa shape index (κ2) is 11.0. The van der Waals surface area contributed by atoms with E-state index in [1.54, 1.807) is 14.1 Å². The highest BCUT2D eigenvalue weighted by Crippen LogP contribution is 2.33. The summed E-state index contributed by atoms with van der Waals surface area (Å²) in [6.45, 7) is 0.474. The van der Waals surface area contributed by atoms with E-state index in [0.717, 1.165) is 51.5 Å². The summed E-state index contributed by atoms with van der Waals surface area (Å²) in [5.41, 5.74) is 6.02. The Morgan fingerprint density at radius 3 is 2.37 bits per heavy atom. The van der Waals surface area contributed by atoms with Gasteiger partial charge in [-0.2, -0.15) is 0 Å². The number of nitrogens with zero attached hydrogens (tertiary/aromatic N) is 3. The molecular weight excluding hydrogens is 394 g/mol. The van der Waals surface area contributed by atoms with Crippen LogP contribution in [0.4, 0.5) is 8.78 Å². The van der Waals surface area contributed by atoms with E-state index in [0.29, 0.717) is 24.8 Å². The third-order valence-electron chi connectivity index (χ3n) is 6.21. The van der Waals surface area contributed by atoms with Crippen LogP contribution in [0.15, 0.2) is 0 Å². The molecule has 172 valence electrons. The molecule has 2 saturated heterocycles. The van der Waals surface area contributed by atoms with Crippen LogP contribution < -0.4 is 5.73 Å². The van der Waals surface area contributed by atoms with Crippen LogP contribution in [0.2, 0.25) is 0 Å². The minimum absolute atomic E-state index is 0.101. The topological polar surface area (TPSA) is 87.0 Å². The Bertz CT molecular complexity index is 595. The Morgan fingerprint density at radius 1 is 1.23 bits per heavy atom. The predicted octanol–water partition coefficient (Wildman–Crippen LogP) is 1.85. The molecule has 3 fully saturated rings. The van der Waals surface area contributed by atoms with Crippen molar-refractivity contribution in [1.29, 1.82) is 0 Å². The summed E-state index contributed by atoms with van der Waals surface area (Å²) in [4.78, 5) is 38.4. The molecule has 1 atom stereocenters. The van der Waals surface area contributed by atoms with Crippen LogP contribution in [0.25, 0.3) is 0 Å². The maximum Gasteiger partial charge on any atom is 0.267 e. The summed E-state index contributed by atoms with van der Waals surface area (Å²) < 4.78 is 26.5.